The zero-order chi connectivity index (χ0) is 31.3. The molecule has 5 rings (SSSR count). The Balaban J connectivity index is 1.43. The molecule has 2 aliphatic rings. The molecule has 0 N–H and O–H groups in total. The van der Waals surface area contributed by atoms with Gasteiger partial charge in [0.25, 0.3) is 0 Å². The fraction of sp³-hybridized carbons (Fsp3) is 0.405. The van der Waals surface area contributed by atoms with Gasteiger partial charge in [-0.15, -0.1) is 0 Å². The van der Waals surface area contributed by atoms with Gasteiger partial charge in [-0.2, -0.15) is 0 Å². The molecule has 1 unspecified atom stereocenters. The summed E-state index contributed by atoms with van der Waals surface area (Å²) in [6.07, 6.45) is 4.40. The molecule has 44 heavy (non-hydrogen) atoms. The molecule has 1 aliphatic heterocycles. The van der Waals surface area contributed by atoms with Gasteiger partial charge < -0.3 is 9.57 Å². The van der Waals surface area contributed by atoms with Crippen molar-refractivity contribution in [2.45, 2.75) is 71.3 Å². The van der Waals surface area contributed by atoms with Gasteiger partial charge in [-0.1, -0.05) is 92.0 Å². The third kappa shape index (κ3) is 6.59. The number of morpholine rings is 1. The van der Waals surface area contributed by atoms with E-state index in [1.54, 1.807) is 0 Å². The lowest BCUT2D eigenvalue weighted by atomic mass is 9.86. The topological polar surface area (TPSA) is 85.3 Å². The van der Waals surface area contributed by atoms with Crippen molar-refractivity contribution in [2.24, 2.45) is 5.16 Å². The quantitative estimate of drug-likeness (QED) is 0.0566. The van der Waals surface area contributed by atoms with E-state index >= 15 is 0 Å². The molecule has 3 aromatic carbocycles. The highest BCUT2D eigenvalue weighted by Gasteiger charge is 2.36. The Morgan fingerprint density at radius 3 is 2.27 bits per heavy atom. The number of unbranched alkanes of at least 4 members (excludes halogenated alkanes) is 3. The van der Waals surface area contributed by atoms with Crippen molar-refractivity contribution in [3.8, 4) is 11.1 Å². The largest absolute Gasteiger partial charge is 0.379 e. The Hall–Kier alpha value is -3.94. The van der Waals surface area contributed by atoms with E-state index in [2.05, 4.69) is 41.2 Å². The molecule has 230 valence electrons. The van der Waals surface area contributed by atoms with Crippen molar-refractivity contribution in [1.29, 1.82) is 0 Å². The van der Waals surface area contributed by atoms with Crippen LogP contribution >= 0.6 is 0 Å². The van der Waals surface area contributed by atoms with E-state index in [4.69, 9.17) is 9.57 Å². The fourth-order valence-electron chi connectivity index (χ4n) is 6.36. The summed E-state index contributed by atoms with van der Waals surface area (Å²) in [5, 5.41) is 3.95. The van der Waals surface area contributed by atoms with Crippen LogP contribution in [-0.2, 0) is 14.4 Å². The van der Waals surface area contributed by atoms with Crippen LogP contribution < -0.4 is 0 Å². The lowest BCUT2D eigenvalue weighted by Gasteiger charge is -2.39. The van der Waals surface area contributed by atoms with Crippen LogP contribution in [0.15, 0.2) is 71.9 Å². The molecule has 1 saturated heterocycles. The molecule has 1 atom stereocenters. The van der Waals surface area contributed by atoms with Crippen molar-refractivity contribution in [1.82, 2.24) is 4.90 Å². The van der Waals surface area contributed by atoms with Crippen molar-refractivity contribution < 1.29 is 24.0 Å². The molecule has 0 spiro atoms. The number of Topliss-reactive ketones (excluding diaryl/α,β-unsaturated/α-hetero) is 2. The van der Waals surface area contributed by atoms with Crippen LogP contribution in [0, 0.1) is 0 Å². The minimum atomic E-state index is -0.617. The van der Waals surface area contributed by atoms with E-state index < -0.39 is 11.5 Å². The smallest absolute Gasteiger partial charge is 0.331 e. The number of ketones is 2. The monoisotopic (exact) mass is 594 g/mol. The second-order valence-corrected chi connectivity index (χ2v) is 12.2. The van der Waals surface area contributed by atoms with Crippen LogP contribution in [0.4, 0.5) is 0 Å². The average Bonchev–Trinajstić information content (AvgIpc) is 3.38. The summed E-state index contributed by atoms with van der Waals surface area (Å²) in [6.45, 7) is 10.2. The number of hydrogen-bond donors (Lipinski definition) is 0. The lowest BCUT2D eigenvalue weighted by molar-refractivity contribution is -0.140. The predicted molar refractivity (Wildman–Crippen MR) is 172 cm³/mol. The van der Waals surface area contributed by atoms with Gasteiger partial charge >= 0.3 is 5.97 Å². The summed E-state index contributed by atoms with van der Waals surface area (Å²) in [6, 6.07) is 22.1. The van der Waals surface area contributed by atoms with E-state index in [0.29, 0.717) is 30.8 Å². The summed E-state index contributed by atoms with van der Waals surface area (Å²) < 4.78 is 5.49. The minimum absolute atomic E-state index is 0.0232. The Labute approximate surface area is 260 Å². The molecular weight excluding hydrogens is 552 g/mol. The first-order valence-electron chi connectivity index (χ1n) is 15.7. The normalized spacial score (nSPS) is 16.7. The van der Waals surface area contributed by atoms with E-state index in [9.17, 15) is 14.4 Å². The van der Waals surface area contributed by atoms with Gasteiger partial charge in [0.15, 0.2) is 5.78 Å². The third-order valence-electron chi connectivity index (χ3n) is 8.87. The maximum absolute atomic E-state index is 13.6. The van der Waals surface area contributed by atoms with Crippen LogP contribution in [0.1, 0.15) is 103 Å². The molecule has 1 fully saturated rings. The predicted octanol–water partition coefficient (Wildman–Crippen LogP) is 7.21. The summed E-state index contributed by atoms with van der Waals surface area (Å²) in [7, 11) is 0. The van der Waals surface area contributed by atoms with Crippen LogP contribution in [0.2, 0.25) is 0 Å². The van der Waals surface area contributed by atoms with Crippen molar-refractivity contribution in [3.05, 3.63) is 94.5 Å². The summed E-state index contributed by atoms with van der Waals surface area (Å²) in [5.74, 6) is -0.698. The number of hydrogen-bond acceptors (Lipinski definition) is 7. The SMILES string of the molecule is CCCCCC/C(=N\OC(C)=O)C(=O)c1ccc2c(c1)-c1ccccc1C2c1ccc(C(=O)C(C)(C)N2CCOCC2)cc1. The summed E-state index contributed by atoms with van der Waals surface area (Å²) in [4.78, 5) is 45.8. The van der Waals surface area contributed by atoms with Gasteiger partial charge in [-0.3, -0.25) is 14.5 Å². The minimum Gasteiger partial charge on any atom is -0.379 e. The molecule has 7 heteroatoms. The first-order valence-corrected chi connectivity index (χ1v) is 15.7. The molecule has 0 aromatic heterocycles. The Kier molecular flexibility index (Phi) is 9.87. The molecule has 3 aromatic rings. The fourth-order valence-corrected chi connectivity index (χ4v) is 6.36. The van der Waals surface area contributed by atoms with Gasteiger partial charge in [0, 0.05) is 37.1 Å². The van der Waals surface area contributed by atoms with Crippen LogP contribution in [-0.4, -0.2) is 60.0 Å². The average molecular weight is 595 g/mol. The van der Waals surface area contributed by atoms with Gasteiger partial charge in [0.05, 0.1) is 18.8 Å². The zero-order valence-corrected chi connectivity index (χ0v) is 26.2. The molecule has 0 saturated carbocycles. The maximum atomic E-state index is 13.6. The van der Waals surface area contributed by atoms with Crippen LogP contribution in [0.3, 0.4) is 0 Å². The van der Waals surface area contributed by atoms with Gasteiger partial charge in [0.1, 0.15) is 5.71 Å². The van der Waals surface area contributed by atoms with Gasteiger partial charge in [0.2, 0.25) is 5.78 Å². The summed E-state index contributed by atoms with van der Waals surface area (Å²) >= 11 is 0. The number of carbonyl (C=O) groups is 3. The number of rotatable bonds is 12. The number of carbonyl (C=O) groups excluding carboxylic acids is 3. The first-order chi connectivity index (χ1) is 21.2. The molecule has 0 bridgehead atoms. The van der Waals surface area contributed by atoms with Crippen molar-refractivity contribution in [3.63, 3.8) is 0 Å². The van der Waals surface area contributed by atoms with E-state index in [1.165, 1.54) is 6.92 Å². The highest BCUT2D eigenvalue weighted by Crippen LogP contribution is 2.48. The van der Waals surface area contributed by atoms with Crippen molar-refractivity contribution >= 4 is 23.2 Å². The Bertz CT molecular complexity index is 1550. The Morgan fingerprint density at radius 2 is 1.57 bits per heavy atom. The highest BCUT2D eigenvalue weighted by atomic mass is 16.7. The lowest BCUT2D eigenvalue weighted by Crippen LogP contribution is -2.54. The van der Waals surface area contributed by atoms with Crippen LogP contribution in [0.25, 0.3) is 11.1 Å². The highest BCUT2D eigenvalue weighted by molar-refractivity contribution is 6.46. The number of ether oxygens (including phenoxy) is 1. The van der Waals surface area contributed by atoms with E-state index in [-0.39, 0.29) is 23.2 Å². The van der Waals surface area contributed by atoms with Crippen LogP contribution in [0.5, 0.6) is 0 Å². The molecule has 1 heterocycles. The van der Waals surface area contributed by atoms with Gasteiger partial charge in [-0.05, 0) is 60.6 Å². The van der Waals surface area contributed by atoms with E-state index in [1.807, 2.05) is 56.3 Å². The molecular formula is C37H42N2O5. The number of nitrogens with zero attached hydrogens (tertiary/aromatic N) is 2. The second-order valence-electron chi connectivity index (χ2n) is 12.2. The zero-order valence-electron chi connectivity index (χ0n) is 26.2. The molecule has 0 radical (unpaired) electrons. The standard InChI is InChI=1S/C37H42N2O5/c1-5-6-7-8-13-33(38-44-25(2)40)35(41)28-18-19-31-32(24-28)29-11-9-10-12-30(29)34(31)26-14-16-27(17-15-26)36(42)37(3,4)39-20-22-43-23-21-39/h9-12,14-19,24,34H,5-8,13,20-23H2,1-4H3/b38-33+. The van der Waals surface area contributed by atoms with Crippen molar-refractivity contribution in [2.75, 3.05) is 26.3 Å². The molecule has 7 nitrogen and oxygen atoms in total. The molecule has 0 amide bonds. The summed E-state index contributed by atoms with van der Waals surface area (Å²) in [5.41, 5.74) is 6.30. The molecule has 1 aliphatic carbocycles. The maximum Gasteiger partial charge on any atom is 0.331 e. The third-order valence-corrected chi connectivity index (χ3v) is 8.87. The Morgan fingerprint density at radius 1 is 0.886 bits per heavy atom. The number of oxime groups is 1. The number of fused-ring (bicyclic) bond motifs is 3. The number of benzene rings is 3. The first kappa shape index (κ1) is 31.5. The van der Waals surface area contributed by atoms with Gasteiger partial charge in [-0.25, -0.2) is 4.79 Å². The van der Waals surface area contributed by atoms with E-state index in [0.717, 1.165) is 66.6 Å². The second kappa shape index (κ2) is 13.8.